The largest absolute Gasteiger partial charge is 0.573 e. The van der Waals surface area contributed by atoms with E-state index in [2.05, 4.69) is 15.4 Å². The van der Waals surface area contributed by atoms with Crippen LogP contribution in [-0.4, -0.2) is 37.7 Å². The summed E-state index contributed by atoms with van der Waals surface area (Å²) in [5.41, 5.74) is 0.613. The molecule has 1 fully saturated rings. The van der Waals surface area contributed by atoms with Gasteiger partial charge in [-0.15, -0.1) is 13.2 Å². The smallest absolute Gasteiger partial charge is 0.406 e. The van der Waals surface area contributed by atoms with Crippen LogP contribution in [0.5, 0.6) is 5.75 Å². The second-order valence-corrected chi connectivity index (χ2v) is 5.92. The maximum absolute atomic E-state index is 12.1. The second kappa shape index (κ2) is 8.35. The quantitative estimate of drug-likeness (QED) is 0.543. The Morgan fingerprint density at radius 3 is 2.43 bits per heavy atom. The maximum Gasteiger partial charge on any atom is 0.573 e. The molecule has 0 radical (unpaired) electrons. The van der Waals surface area contributed by atoms with Gasteiger partial charge in [0.15, 0.2) is 5.11 Å². The lowest BCUT2D eigenvalue weighted by Crippen LogP contribution is -3.10. The molecule has 1 aliphatic heterocycles. The molecule has 0 aliphatic carbocycles. The third kappa shape index (κ3) is 7.04. The zero-order valence-electron chi connectivity index (χ0n) is 12.7. The molecule has 0 bridgehead atoms. The van der Waals surface area contributed by atoms with Crippen LogP contribution in [0.4, 0.5) is 18.9 Å². The van der Waals surface area contributed by atoms with E-state index in [1.807, 2.05) is 0 Å². The number of halogens is 3. The topological polar surface area (TPSA) is 37.7 Å². The minimum atomic E-state index is -4.68. The second-order valence-electron chi connectivity index (χ2n) is 5.51. The molecular formula is C15H21F3N3OS+. The average Bonchev–Trinajstić information content (AvgIpc) is 2.97. The molecule has 23 heavy (non-hydrogen) atoms. The van der Waals surface area contributed by atoms with Crippen LogP contribution in [0.3, 0.4) is 0 Å². The average molecular weight is 348 g/mol. The summed E-state index contributed by atoms with van der Waals surface area (Å²) in [6.07, 6.45) is -1.01. The van der Waals surface area contributed by atoms with Gasteiger partial charge in [0.1, 0.15) is 5.75 Å². The number of likely N-dealkylation sites (tertiary alicyclic amines) is 1. The van der Waals surface area contributed by atoms with Gasteiger partial charge in [-0.05, 0) is 36.5 Å². The molecule has 8 heteroatoms. The molecule has 0 spiro atoms. The van der Waals surface area contributed by atoms with Crippen molar-refractivity contribution in [3.05, 3.63) is 24.3 Å². The molecule has 128 valence electrons. The van der Waals surface area contributed by atoms with Crippen molar-refractivity contribution in [3.63, 3.8) is 0 Å². The highest BCUT2D eigenvalue weighted by Crippen LogP contribution is 2.23. The van der Waals surface area contributed by atoms with Gasteiger partial charge in [0.05, 0.1) is 19.6 Å². The Labute approximate surface area is 139 Å². The third-order valence-electron chi connectivity index (χ3n) is 3.65. The molecule has 0 unspecified atom stereocenters. The fourth-order valence-corrected chi connectivity index (χ4v) is 2.80. The lowest BCUT2D eigenvalue weighted by atomic mass is 10.3. The van der Waals surface area contributed by atoms with Crippen molar-refractivity contribution in [2.75, 3.05) is 31.5 Å². The van der Waals surface area contributed by atoms with Crippen molar-refractivity contribution in [1.82, 2.24) is 5.32 Å². The number of nitrogens with one attached hydrogen (secondary N) is 3. The molecule has 4 nitrogen and oxygen atoms in total. The zero-order valence-corrected chi connectivity index (χ0v) is 13.5. The summed E-state index contributed by atoms with van der Waals surface area (Å²) in [6, 6.07) is 5.47. The number of alkyl halides is 3. The monoisotopic (exact) mass is 348 g/mol. The number of ether oxygens (including phenoxy) is 1. The van der Waals surface area contributed by atoms with Gasteiger partial charge in [-0.25, -0.2) is 0 Å². The molecule has 0 saturated carbocycles. The van der Waals surface area contributed by atoms with Crippen molar-refractivity contribution < 1.29 is 22.8 Å². The third-order valence-corrected chi connectivity index (χ3v) is 3.90. The summed E-state index contributed by atoms with van der Waals surface area (Å²) in [4.78, 5) is 1.64. The highest BCUT2D eigenvalue weighted by atomic mass is 32.1. The van der Waals surface area contributed by atoms with Crippen LogP contribution in [-0.2, 0) is 0 Å². The molecule has 0 atom stereocenters. The Kier molecular flexibility index (Phi) is 6.47. The summed E-state index contributed by atoms with van der Waals surface area (Å²) in [6.45, 7) is 4.44. The predicted molar refractivity (Wildman–Crippen MR) is 86.8 cm³/mol. The van der Waals surface area contributed by atoms with Gasteiger partial charge in [0.25, 0.3) is 0 Å². The molecule has 1 aliphatic rings. The van der Waals surface area contributed by atoms with Crippen LogP contribution in [0.15, 0.2) is 24.3 Å². The Bertz CT molecular complexity index is 502. The molecule has 0 amide bonds. The fourth-order valence-electron chi connectivity index (χ4n) is 2.58. The first kappa shape index (κ1) is 17.8. The van der Waals surface area contributed by atoms with Crippen LogP contribution in [0.25, 0.3) is 0 Å². The van der Waals surface area contributed by atoms with Gasteiger partial charge < -0.3 is 20.3 Å². The Hall–Kier alpha value is -1.54. The standard InChI is InChI=1S/C15H20F3N3OS/c16-15(17,18)22-13-6-4-12(5-7-13)20-14(23)19-8-3-11-21-9-1-2-10-21/h4-7H,1-3,8-11H2,(H2,19,20,23)/p+1. The zero-order chi connectivity index (χ0) is 16.7. The van der Waals surface area contributed by atoms with Crippen molar-refractivity contribution in [1.29, 1.82) is 0 Å². The van der Waals surface area contributed by atoms with E-state index in [-0.39, 0.29) is 5.75 Å². The van der Waals surface area contributed by atoms with E-state index in [1.165, 1.54) is 50.2 Å². The van der Waals surface area contributed by atoms with Gasteiger partial charge in [-0.3, -0.25) is 0 Å². The van der Waals surface area contributed by atoms with E-state index >= 15 is 0 Å². The van der Waals surface area contributed by atoms with E-state index in [0.29, 0.717) is 10.8 Å². The molecule has 1 aromatic carbocycles. The van der Waals surface area contributed by atoms with Gasteiger partial charge in [-0.1, -0.05) is 0 Å². The van der Waals surface area contributed by atoms with Gasteiger partial charge >= 0.3 is 6.36 Å². The van der Waals surface area contributed by atoms with Crippen LogP contribution in [0, 0.1) is 0 Å². The minimum absolute atomic E-state index is 0.254. The molecule has 2 rings (SSSR count). The van der Waals surface area contributed by atoms with Gasteiger partial charge in [-0.2, -0.15) is 0 Å². The Balaban J connectivity index is 1.66. The van der Waals surface area contributed by atoms with Crippen LogP contribution >= 0.6 is 12.2 Å². The summed E-state index contributed by atoms with van der Waals surface area (Å²) in [5.74, 6) is -0.254. The molecule has 3 N–H and O–H groups in total. The van der Waals surface area contributed by atoms with E-state index in [9.17, 15) is 13.2 Å². The molecular weight excluding hydrogens is 327 g/mol. The van der Waals surface area contributed by atoms with Gasteiger partial charge in [0, 0.05) is 31.5 Å². The number of benzene rings is 1. The Morgan fingerprint density at radius 2 is 1.83 bits per heavy atom. The highest BCUT2D eigenvalue weighted by Gasteiger charge is 2.30. The molecule has 1 saturated heterocycles. The number of anilines is 1. The van der Waals surface area contributed by atoms with Crippen LogP contribution in [0.1, 0.15) is 19.3 Å². The predicted octanol–water partition coefficient (Wildman–Crippen LogP) is 1.94. The van der Waals surface area contributed by atoms with Crippen molar-refractivity contribution in [2.24, 2.45) is 0 Å². The minimum Gasteiger partial charge on any atom is -0.406 e. The maximum atomic E-state index is 12.1. The number of quaternary nitrogens is 1. The van der Waals surface area contributed by atoms with Crippen LogP contribution in [0.2, 0.25) is 0 Å². The number of rotatable bonds is 6. The lowest BCUT2D eigenvalue weighted by Gasteiger charge is -2.14. The number of hydrogen-bond acceptors (Lipinski definition) is 2. The molecule has 1 aromatic rings. The van der Waals surface area contributed by atoms with Crippen molar-refractivity contribution >= 4 is 23.0 Å². The normalized spacial score (nSPS) is 15.4. The fraction of sp³-hybridized carbons (Fsp3) is 0.533. The van der Waals surface area contributed by atoms with Crippen LogP contribution < -0.4 is 20.3 Å². The summed E-state index contributed by atoms with van der Waals surface area (Å²) >= 11 is 5.16. The highest BCUT2D eigenvalue weighted by molar-refractivity contribution is 7.80. The number of thiocarbonyl (C=S) groups is 1. The van der Waals surface area contributed by atoms with E-state index in [4.69, 9.17) is 12.2 Å². The number of hydrogen-bond donors (Lipinski definition) is 3. The molecule has 0 aromatic heterocycles. The van der Waals surface area contributed by atoms with E-state index < -0.39 is 6.36 Å². The summed E-state index contributed by atoms with van der Waals surface area (Å²) in [7, 11) is 0. The lowest BCUT2D eigenvalue weighted by molar-refractivity contribution is -0.887. The first-order chi connectivity index (χ1) is 10.9. The first-order valence-electron chi connectivity index (χ1n) is 7.66. The van der Waals surface area contributed by atoms with E-state index in [1.54, 1.807) is 4.90 Å². The van der Waals surface area contributed by atoms with Gasteiger partial charge in [0.2, 0.25) is 0 Å². The first-order valence-corrected chi connectivity index (χ1v) is 8.07. The summed E-state index contributed by atoms with van der Waals surface area (Å²) < 4.78 is 40.0. The molecule has 1 heterocycles. The van der Waals surface area contributed by atoms with Crippen molar-refractivity contribution in [3.8, 4) is 5.75 Å². The Morgan fingerprint density at radius 1 is 1.17 bits per heavy atom. The van der Waals surface area contributed by atoms with Crippen molar-refractivity contribution in [2.45, 2.75) is 25.6 Å². The summed E-state index contributed by atoms with van der Waals surface area (Å²) in [5, 5.41) is 6.50. The van der Waals surface area contributed by atoms with E-state index in [0.717, 1.165) is 19.5 Å². The SMILES string of the molecule is FC(F)(F)Oc1ccc(NC(=S)NCCC[NH+]2CCCC2)cc1.